The summed E-state index contributed by atoms with van der Waals surface area (Å²) in [6, 6.07) is 9.53. The topological polar surface area (TPSA) is 70.6 Å². The van der Waals surface area contributed by atoms with Crippen LogP contribution in [0.25, 0.3) is 0 Å². The molecule has 6 heteroatoms. The zero-order chi connectivity index (χ0) is 19.7. The van der Waals surface area contributed by atoms with Crippen LogP contribution in [0.15, 0.2) is 60.9 Å². The van der Waals surface area contributed by atoms with E-state index in [4.69, 9.17) is 0 Å². The largest absolute Gasteiger partial charge is 0.330 e. The van der Waals surface area contributed by atoms with E-state index in [1.807, 2.05) is 31.2 Å². The molecule has 2 aliphatic heterocycles. The minimum absolute atomic E-state index is 0.157. The summed E-state index contributed by atoms with van der Waals surface area (Å²) >= 11 is 0. The van der Waals surface area contributed by atoms with Crippen molar-refractivity contribution in [3.63, 3.8) is 0 Å². The summed E-state index contributed by atoms with van der Waals surface area (Å²) in [5.41, 5.74) is 1.67. The molecule has 0 fully saturated rings. The third-order valence-electron chi connectivity index (χ3n) is 5.37. The number of pyridine rings is 1. The lowest BCUT2D eigenvalue weighted by Gasteiger charge is -2.37. The Labute approximate surface area is 163 Å². The Kier molecular flexibility index (Phi) is 4.77. The number of nitrogens with zero attached hydrogens (tertiary/aromatic N) is 3. The molecule has 0 spiro atoms. The van der Waals surface area contributed by atoms with E-state index in [0.29, 0.717) is 30.5 Å². The number of hydrogen-bond acceptors (Lipinski definition) is 4. The van der Waals surface area contributed by atoms with Gasteiger partial charge in [0, 0.05) is 18.9 Å². The minimum atomic E-state index is -0.821. The molecule has 6 nitrogen and oxygen atoms in total. The quantitative estimate of drug-likeness (QED) is 0.608. The zero-order valence-electron chi connectivity index (χ0n) is 15.6. The van der Waals surface area contributed by atoms with Gasteiger partial charge in [-0.25, -0.2) is 0 Å². The van der Waals surface area contributed by atoms with Gasteiger partial charge in [0.2, 0.25) is 5.91 Å². The Bertz CT molecular complexity index is 920. The molecular formula is C22H21N3O3. The monoisotopic (exact) mass is 375 g/mol. The van der Waals surface area contributed by atoms with Crippen LogP contribution >= 0.6 is 0 Å². The number of benzene rings is 1. The lowest BCUT2D eigenvalue weighted by atomic mass is 9.99. The van der Waals surface area contributed by atoms with Gasteiger partial charge in [-0.2, -0.15) is 0 Å². The van der Waals surface area contributed by atoms with Crippen LogP contribution in [0.1, 0.15) is 52.1 Å². The second-order valence-electron chi connectivity index (χ2n) is 6.95. The molecule has 2 aliphatic rings. The van der Waals surface area contributed by atoms with Crippen LogP contribution in [-0.4, -0.2) is 45.1 Å². The molecule has 1 aromatic carbocycles. The van der Waals surface area contributed by atoms with Crippen LogP contribution in [0.3, 0.4) is 0 Å². The van der Waals surface area contributed by atoms with Crippen molar-refractivity contribution >= 4 is 17.7 Å². The van der Waals surface area contributed by atoms with Crippen LogP contribution in [0, 0.1) is 0 Å². The normalized spacial score (nSPS) is 19.7. The van der Waals surface area contributed by atoms with E-state index in [1.54, 1.807) is 41.6 Å². The van der Waals surface area contributed by atoms with Gasteiger partial charge in [-0.1, -0.05) is 37.3 Å². The van der Waals surface area contributed by atoms with Crippen LogP contribution in [0.4, 0.5) is 0 Å². The summed E-state index contributed by atoms with van der Waals surface area (Å²) in [4.78, 5) is 46.2. The number of amides is 3. The van der Waals surface area contributed by atoms with E-state index >= 15 is 0 Å². The first-order chi connectivity index (χ1) is 13.6. The number of carbonyl (C=O) groups is 3. The van der Waals surface area contributed by atoms with Gasteiger partial charge >= 0.3 is 0 Å². The molecule has 2 aromatic rings. The molecule has 4 rings (SSSR count). The van der Waals surface area contributed by atoms with Gasteiger partial charge in [0.05, 0.1) is 17.2 Å². The molecule has 0 saturated carbocycles. The first kappa shape index (κ1) is 18.1. The van der Waals surface area contributed by atoms with Crippen molar-refractivity contribution in [1.82, 2.24) is 14.8 Å². The van der Waals surface area contributed by atoms with Crippen LogP contribution in [0.5, 0.6) is 0 Å². The van der Waals surface area contributed by atoms with Gasteiger partial charge in [0.1, 0.15) is 6.04 Å². The molecule has 0 radical (unpaired) electrons. The third kappa shape index (κ3) is 2.91. The van der Waals surface area contributed by atoms with Crippen molar-refractivity contribution in [2.45, 2.75) is 31.8 Å². The van der Waals surface area contributed by atoms with E-state index in [1.165, 1.54) is 0 Å². The van der Waals surface area contributed by atoms with E-state index < -0.39 is 17.9 Å². The standard InChI is InChI=1S/C22H21N3O3/c1-2-18(25-20(26)16-9-3-4-10-17(16)21(25)27)22(28)24-13-6-5-11-19(24)15-8-7-12-23-14-15/h3-10,12,14,18-19H,2,11,13H2,1H3/t18-,19-/m0/s1. The van der Waals surface area contributed by atoms with Crippen molar-refractivity contribution in [1.29, 1.82) is 0 Å². The van der Waals surface area contributed by atoms with Gasteiger partial charge in [-0.05, 0) is 36.6 Å². The van der Waals surface area contributed by atoms with E-state index in [2.05, 4.69) is 4.98 Å². The maximum atomic E-state index is 13.5. The molecule has 3 amide bonds. The number of fused-ring (bicyclic) bond motifs is 1. The average molecular weight is 375 g/mol. The van der Waals surface area contributed by atoms with Gasteiger partial charge in [0.25, 0.3) is 11.8 Å². The predicted molar refractivity (Wildman–Crippen MR) is 103 cm³/mol. The lowest BCUT2D eigenvalue weighted by Crippen LogP contribution is -2.52. The molecular weight excluding hydrogens is 354 g/mol. The second-order valence-corrected chi connectivity index (χ2v) is 6.95. The Morgan fingerprint density at radius 1 is 1.11 bits per heavy atom. The van der Waals surface area contributed by atoms with Crippen LogP contribution in [-0.2, 0) is 4.79 Å². The highest BCUT2D eigenvalue weighted by Crippen LogP contribution is 2.31. The maximum Gasteiger partial charge on any atom is 0.262 e. The molecule has 0 saturated heterocycles. The number of hydrogen-bond donors (Lipinski definition) is 0. The van der Waals surface area contributed by atoms with Crippen molar-refractivity contribution in [2.24, 2.45) is 0 Å². The summed E-state index contributed by atoms with van der Waals surface area (Å²) in [6.45, 7) is 2.27. The summed E-state index contributed by atoms with van der Waals surface area (Å²) in [5.74, 6) is -1.01. The summed E-state index contributed by atoms with van der Waals surface area (Å²) in [7, 11) is 0. The molecule has 142 valence electrons. The highest BCUT2D eigenvalue weighted by Gasteiger charge is 2.44. The van der Waals surface area contributed by atoms with Crippen LogP contribution < -0.4 is 0 Å². The fourth-order valence-corrected chi connectivity index (χ4v) is 3.95. The Hall–Kier alpha value is -3.28. The first-order valence-electron chi connectivity index (χ1n) is 9.45. The highest BCUT2D eigenvalue weighted by molar-refractivity contribution is 6.22. The smallest absolute Gasteiger partial charge is 0.262 e. The molecule has 1 aromatic heterocycles. The van der Waals surface area contributed by atoms with Gasteiger partial charge < -0.3 is 4.90 Å². The Morgan fingerprint density at radius 3 is 2.43 bits per heavy atom. The predicted octanol–water partition coefficient (Wildman–Crippen LogP) is 2.99. The summed E-state index contributed by atoms with van der Waals surface area (Å²) in [6.07, 6.45) is 8.49. The molecule has 0 aliphatic carbocycles. The molecule has 0 bridgehead atoms. The average Bonchev–Trinajstić information content (AvgIpc) is 3.00. The lowest BCUT2D eigenvalue weighted by molar-refractivity contribution is -0.137. The summed E-state index contributed by atoms with van der Waals surface area (Å²) < 4.78 is 0. The van der Waals surface area contributed by atoms with E-state index in [9.17, 15) is 14.4 Å². The van der Waals surface area contributed by atoms with E-state index in [-0.39, 0.29) is 11.9 Å². The first-order valence-corrected chi connectivity index (χ1v) is 9.45. The van der Waals surface area contributed by atoms with Crippen molar-refractivity contribution in [3.05, 3.63) is 77.6 Å². The molecule has 0 unspecified atom stereocenters. The molecule has 0 N–H and O–H groups in total. The van der Waals surface area contributed by atoms with E-state index in [0.717, 1.165) is 10.5 Å². The fraction of sp³-hybridized carbons (Fsp3) is 0.273. The van der Waals surface area contributed by atoms with Gasteiger partial charge in [-0.15, -0.1) is 0 Å². The summed E-state index contributed by atoms with van der Waals surface area (Å²) in [5, 5.41) is 0. The van der Waals surface area contributed by atoms with Crippen LogP contribution in [0.2, 0.25) is 0 Å². The van der Waals surface area contributed by atoms with Crippen molar-refractivity contribution in [3.8, 4) is 0 Å². The number of imide groups is 1. The van der Waals surface area contributed by atoms with Crippen molar-refractivity contribution < 1.29 is 14.4 Å². The number of aromatic nitrogens is 1. The molecule has 2 atom stereocenters. The molecule has 28 heavy (non-hydrogen) atoms. The van der Waals surface area contributed by atoms with Crippen molar-refractivity contribution in [2.75, 3.05) is 6.54 Å². The van der Waals surface area contributed by atoms with Gasteiger partial charge in [0.15, 0.2) is 0 Å². The fourth-order valence-electron chi connectivity index (χ4n) is 3.95. The second kappa shape index (κ2) is 7.38. The third-order valence-corrected chi connectivity index (χ3v) is 5.37. The zero-order valence-corrected chi connectivity index (χ0v) is 15.6. The highest BCUT2D eigenvalue weighted by atomic mass is 16.2. The SMILES string of the molecule is CC[C@@H](C(=O)N1CC=CC[C@H]1c1cccnc1)N1C(=O)c2ccccc2C1=O. The molecule has 3 heterocycles. The Balaban J connectivity index is 1.65. The number of carbonyl (C=O) groups excluding carboxylic acids is 3. The van der Waals surface area contributed by atoms with Gasteiger partial charge in [-0.3, -0.25) is 24.3 Å². The minimum Gasteiger partial charge on any atom is -0.330 e. The Morgan fingerprint density at radius 2 is 1.82 bits per heavy atom. The number of rotatable bonds is 4. The maximum absolute atomic E-state index is 13.5.